The van der Waals surface area contributed by atoms with Crippen LogP contribution < -0.4 is 5.73 Å². The topological polar surface area (TPSA) is 105 Å². The Morgan fingerprint density at radius 3 is 3.17 bits per heavy atom. The zero-order valence-corrected chi connectivity index (χ0v) is 10.00. The van der Waals surface area contributed by atoms with Crippen LogP contribution in [0.3, 0.4) is 0 Å². The Morgan fingerprint density at radius 1 is 1.83 bits per heavy atom. The lowest BCUT2D eigenvalue weighted by molar-refractivity contribution is 0.0967. The first kappa shape index (κ1) is 12.4. The van der Waals surface area contributed by atoms with E-state index in [1.807, 2.05) is 0 Å². The molecule has 2 rings (SSSR count). The third kappa shape index (κ3) is 2.28. The normalized spacial score (nSPS) is 23.0. The fraction of sp³-hybridized carbons (Fsp3) is 0.545. The summed E-state index contributed by atoms with van der Waals surface area (Å²) >= 11 is 0. The lowest BCUT2D eigenvalue weighted by atomic mass is 10.0. The maximum Gasteiger partial charge on any atom is 0.304 e. The standard InChI is InChI=1S/C11H14N4O3/c1-17-4-8-2-7(3-15(8)6-12)9-5-18-11(14-9)10(13)16/h5,7-8H,2-4H2,1H3,(H2,13,16)/t7-,8+/m1/s1. The van der Waals surface area contributed by atoms with E-state index in [2.05, 4.69) is 11.2 Å². The Morgan fingerprint density at radius 2 is 2.61 bits per heavy atom. The summed E-state index contributed by atoms with van der Waals surface area (Å²) in [5, 5.41) is 9.02. The molecule has 1 aromatic heterocycles. The summed E-state index contributed by atoms with van der Waals surface area (Å²) in [7, 11) is 1.60. The number of hydrogen-bond acceptors (Lipinski definition) is 6. The predicted molar refractivity (Wildman–Crippen MR) is 60.4 cm³/mol. The van der Waals surface area contributed by atoms with E-state index in [0.717, 1.165) is 6.42 Å². The minimum absolute atomic E-state index is 0.0405. The van der Waals surface area contributed by atoms with E-state index >= 15 is 0 Å². The van der Waals surface area contributed by atoms with E-state index in [4.69, 9.17) is 20.1 Å². The smallest absolute Gasteiger partial charge is 0.304 e. The summed E-state index contributed by atoms with van der Waals surface area (Å²) in [5.74, 6) is -0.727. The van der Waals surface area contributed by atoms with Gasteiger partial charge < -0.3 is 19.8 Å². The molecule has 0 bridgehead atoms. The third-order valence-electron chi connectivity index (χ3n) is 3.05. The number of methoxy groups -OCH3 is 1. The van der Waals surface area contributed by atoms with E-state index in [1.54, 1.807) is 12.0 Å². The SMILES string of the molecule is COC[C@@H]1C[C@@H](c2coc(C(N)=O)n2)CN1C#N. The van der Waals surface area contributed by atoms with Crippen molar-refractivity contribution in [2.24, 2.45) is 5.73 Å². The summed E-state index contributed by atoms with van der Waals surface area (Å²) in [4.78, 5) is 16.6. The number of hydrogen-bond donors (Lipinski definition) is 1. The van der Waals surface area contributed by atoms with Gasteiger partial charge in [0.15, 0.2) is 6.19 Å². The molecule has 0 unspecified atom stereocenters. The second-order valence-corrected chi connectivity index (χ2v) is 4.24. The number of rotatable bonds is 4. The van der Waals surface area contributed by atoms with E-state index in [0.29, 0.717) is 18.8 Å². The van der Waals surface area contributed by atoms with E-state index in [-0.39, 0.29) is 17.9 Å². The molecule has 1 amide bonds. The first-order chi connectivity index (χ1) is 8.65. The monoisotopic (exact) mass is 250 g/mol. The molecule has 7 heteroatoms. The number of carbonyl (C=O) groups excluding carboxylic acids is 1. The van der Waals surface area contributed by atoms with Crippen molar-refractivity contribution in [3.05, 3.63) is 17.8 Å². The lowest BCUT2D eigenvalue weighted by Crippen LogP contribution is -2.28. The highest BCUT2D eigenvalue weighted by Gasteiger charge is 2.34. The van der Waals surface area contributed by atoms with Gasteiger partial charge in [-0.05, 0) is 6.42 Å². The van der Waals surface area contributed by atoms with Gasteiger partial charge in [0.1, 0.15) is 6.26 Å². The molecule has 2 N–H and O–H groups in total. The van der Waals surface area contributed by atoms with Crippen LogP contribution in [-0.2, 0) is 4.74 Å². The molecular weight excluding hydrogens is 236 g/mol. The second-order valence-electron chi connectivity index (χ2n) is 4.24. The second kappa shape index (κ2) is 5.06. The maximum atomic E-state index is 10.9. The zero-order valence-electron chi connectivity index (χ0n) is 10.00. The summed E-state index contributed by atoms with van der Waals surface area (Å²) in [6.45, 7) is 1.04. The molecule has 2 heterocycles. The highest BCUT2D eigenvalue weighted by atomic mass is 16.5. The third-order valence-corrected chi connectivity index (χ3v) is 3.05. The van der Waals surface area contributed by atoms with Gasteiger partial charge in [-0.1, -0.05) is 0 Å². The molecule has 0 aliphatic carbocycles. The quantitative estimate of drug-likeness (QED) is 0.757. The first-order valence-electron chi connectivity index (χ1n) is 5.56. The molecule has 18 heavy (non-hydrogen) atoms. The molecule has 0 radical (unpaired) electrons. The molecule has 0 spiro atoms. The zero-order chi connectivity index (χ0) is 13.1. The van der Waals surface area contributed by atoms with Crippen LogP contribution in [0, 0.1) is 11.5 Å². The molecular formula is C11H14N4O3. The molecule has 1 aromatic rings. The first-order valence-corrected chi connectivity index (χ1v) is 5.56. The van der Waals surface area contributed by atoms with Gasteiger partial charge in [-0.25, -0.2) is 4.98 Å². The number of nitriles is 1. The Labute approximate surface area is 104 Å². The fourth-order valence-electron chi connectivity index (χ4n) is 2.19. The van der Waals surface area contributed by atoms with Crippen LogP contribution in [0.4, 0.5) is 0 Å². The number of nitrogens with two attached hydrogens (primary N) is 1. The molecule has 1 saturated heterocycles. The molecule has 0 saturated carbocycles. The Hall–Kier alpha value is -2.07. The minimum Gasteiger partial charge on any atom is -0.441 e. The number of ether oxygens (including phenoxy) is 1. The van der Waals surface area contributed by atoms with Crippen molar-refractivity contribution < 1.29 is 13.9 Å². The molecule has 1 aliphatic rings. The molecule has 0 aromatic carbocycles. The number of oxazole rings is 1. The molecule has 96 valence electrons. The van der Waals surface area contributed by atoms with Crippen LogP contribution in [0.1, 0.15) is 28.7 Å². The van der Waals surface area contributed by atoms with Gasteiger partial charge in [0.2, 0.25) is 0 Å². The predicted octanol–water partition coefficient (Wildman–Crippen LogP) is 0.0589. The van der Waals surface area contributed by atoms with Gasteiger partial charge >= 0.3 is 5.91 Å². The summed E-state index contributed by atoms with van der Waals surface area (Å²) in [5.41, 5.74) is 5.73. The van der Waals surface area contributed by atoms with Crippen LogP contribution in [-0.4, -0.2) is 42.1 Å². The van der Waals surface area contributed by atoms with Gasteiger partial charge in [0.25, 0.3) is 5.89 Å². The Bertz CT molecular complexity index is 479. The maximum absolute atomic E-state index is 10.9. The van der Waals surface area contributed by atoms with Crippen LogP contribution in [0.5, 0.6) is 0 Å². The highest BCUT2D eigenvalue weighted by Crippen LogP contribution is 2.30. The lowest BCUT2D eigenvalue weighted by Gasteiger charge is -2.16. The number of aromatic nitrogens is 1. The minimum atomic E-state index is -0.690. The number of nitrogens with zero attached hydrogens (tertiary/aromatic N) is 3. The van der Waals surface area contributed by atoms with Crippen LogP contribution in [0.25, 0.3) is 0 Å². The molecule has 1 fully saturated rings. The van der Waals surface area contributed by atoms with Crippen molar-refractivity contribution in [1.29, 1.82) is 5.26 Å². The van der Waals surface area contributed by atoms with Gasteiger partial charge in [-0.15, -0.1) is 0 Å². The number of primary amides is 1. The van der Waals surface area contributed by atoms with Crippen LogP contribution >= 0.6 is 0 Å². The average Bonchev–Trinajstić information content (AvgIpc) is 2.94. The van der Waals surface area contributed by atoms with Crippen molar-refractivity contribution in [1.82, 2.24) is 9.88 Å². The number of amides is 1. The van der Waals surface area contributed by atoms with Crippen LogP contribution in [0.2, 0.25) is 0 Å². The van der Waals surface area contributed by atoms with Crippen molar-refractivity contribution >= 4 is 5.91 Å². The fourth-order valence-corrected chi connectivity index (χ4v) is 2.19. The number of likely N-dealkylation sites (tertiary alicyclic amines) is 1. The van der Waals surface area contributed by atoms with Crippen molar-refractivity contribution in [3.63, 3.8) is 0 Å². The Balaban J connectivity index is 2.10. The summed E-state index contributed by atoms with van der Waals surface area (Å²) in [6.07, 6.45) is 4.30. The largest absolute Gasteiger partial charge is 0.441 e. The average molecular weight is 250 g/mol. The van der Waals surface area contributed by atoms with E-state index < -0.39 is 5.91 Å². The summed E-state index contributed by atoms with van der Waals surface area (Å²) in [6, 6.07) is 0.0405. The molecule has 7 nitrogen and oxygen atoms in total. The molecule has 2 atom stereocenters. The van der Waals surface area contributed by atoms with E-state index in [1.165, 1.54) is 6.26 Å². The summed E-state index contributed by atoms with van der Waals surface area (Å²) < 4.78 is 10.1. The van der Waals surface area contributed by atoms with Crippen LogP contribution in [0.15, 0.2) is 10.7 Å². The highest BCUT2D eigenvalue weighted by molar-refractivity contribution is 5.87. The van der Waals surface area contributed by atoms with Crippen molar-refractivity contribution in [2.45, 2.75) is 18.4 Å². The van der Waals surface area contributed by atoms with Gasteiger partial charge in [-0.3, -0.25) is 4.79 Å². The van der Waals surface area contributed by atoms with Crippen molar-refractivity contribution in [2.75, 3.05) is 20.3 Å². The Kier molecular flexibility index (Phi) is 3.48. The van der Waals surface area contributed by atoms with Gasteiger partial charge in [0.05, 0.1) is 18.3 Å². The number of carbonyl (C=O) groups is 1. The van der Waals surface area contributed by atoms with Gasteiger partial charge in [-0.2, -0.15) is 5.26 Å². The molecule has 1 aliphatic heterocycles. The van der Waals surface area contributed by atoms with Crippen molar-refractivity contribution in [3.8, 4) is 6.19 Å². The van der Waals surface area contributed by atoms with E-state index in [9.17, 15) is 4.79 Å². The van der Waals surface area contributed by atoms with Gasteiger partial charge in [0, 0.05) is 19.6 Å².